The first-order valence-corrected chi connectivity index (χ1v) is 6.30. The lowest BCUT2D eigenvalue weighted by atomic mass is 10.3. The Balaban J connectivity index is 3.45. The number of rotatable bonds is 12. The van der Waals surface area contributed by atoms with Crippen LogP contribution >= 0.6 is 0 Å². The highest BCUT2D eigenvalue weighted by Gasteiger charge is 1.97. The molecule has 0 aromatic heterocycles. The SMILES string of the molecule is COC(/C=C/CCOCC/C=C/C(OC)OC)OC. The van der Waals surface area contributed by atoms with E-state index < -0.39 is 0 Å². The van der Waals surface area contributed by atoms with Gasteiger partial charge in [-0.3, -0.25) is 0 Å². The molecule has 0 heterocycles. The maximum atomic E-state index is 5.47. The second-order valence-electron chi connectivity index (χ2n) is 3.73. The first kappa shape index (κ1) is 18.3. The van der Waals surface area contributed by atoms with Crippen LogP contribution < -0.4 is 0 Å². The Labute approximate surface area is 116 Å². The fraction of sp³-hybridized carbons (Fsp3) is 0.714. The lowest BCUT2D eigenvalue weighted by molar-refractivity contribution is -0.0669. The minimum Gasteiger partial charge on any atom is -0.381 e. The second kappa shape index (κ2) is 13.7. The minimum atomic E-state index is -0.275. The molecule has 19 heavy (non-hydrogen) atoms. The summed E-state index contributed by atoms with van der Waals surface area (Å²) in [5.74, 6) is 0. The van der Waals surface area contributed by atoms with Crippen molar-refractivity contribution >= 4 is 0 Å². The third-order valence-corrected chi connectivity index (χ3v) is 2.37. The Hall–Kier alpha value is -0.720. The zero-order chi connectivity index (χ0) is 14.3. The van der Waals surface area contributed by atoms with Crippen LogP contribution in [0.1, 0.15) is 12.8 Å². The predicted octanol–water partition coefficient (Wildman–Crippen LogP) is 2.13. The third-order valence-electron chi connectivity index (χ3n) is 2.37. The molecule has 0 fully saturated rings. The van der Waals surface area contributed by atoms with Crippen molar-refractivity contribution in [3.05, 3.63) is 24.3 Å². The lowest BCUT2D eigenvalue weighted by Crippen LogP contribution is -2.09. The third kappa shape index (κ3) is 10.9. The molecular formula is C14H26O5. The van der Waals surface area contributed by atoms with Gasteiger partial charge in [-0.05, 0) is 25.0 Å². The standard InChI is InChI=1S/C14H26O5/c1-15-13(16-2)9-5-7-11-19-12-8-6-10-14(17-3)18-4/h5-6,9-10,13-14H,7-8,11-12H2,1-4H3/b9-5+,10-6+. The number of methoxy groups -OCH3 is 4. The van der Waals surface area contributed by atoms with E-state index >= 15 is 0 Å². The molecule has 0 amide bonds. The Morgan fingerprint density at radius 1 is 0.684 bits per heavy atom. The van der Waals surface area contributed by atoms with Crippen molar-refractivity contribution in [2.75, 3.05) is 41.7 Å². The molecule has 0 aliphatic carbocycles. The van der Waals surface area contributed by atoms with Gasteiger partial charge in [-0.25, -0.2) is 0 Å². The molecule has 0 radical (unpaired) electrons. The molecule has 0 aliphatic heterocycles. The zero-order valence-electron chi connectivity index (χ0n) is 12.3. The highest BCUT2D eigenvalue weighted by molar-refractivity contribution is 4.86. The van der Waals surface area contributed by atoms with E-state index in [0.717, 1.165) is 12.8 Å². The van der Waals surface area contributed by atoms with Crippen molar-refractivity contribution in [2.45, 2.75) is 25.4 Å². The van der Waals surface area contributed by atoms with E-state index in [1.807, 2.05) is 24.3 Å². The highest BCUT2D eigenvalue weighted by Crippen LogP contribution is 1.97. The summed E-state index contributed by atoms with van der Waals surface area (Å²) >= 11 is 0. The van der Waals surface area contributed by atoms with Gasteiger partial charge < -0.3 is 23.7 Å². The number of hydrogen-bond acceptors (Lipinski definition) is 5. The predicted molar refractivity (Wildman–Crippen MR) is 73.9 cm³/mol. The summed E-state index contributed by atoms with van der Waals surface area (Å²) in [5, 5.41) is 0. The van der Waals surface area contributed by atoms with Crippen molar-refractivity contribution < 1.29 is 23.7 Å². The molecular weight excluding hydrogens is 248 g/mol. The molecule has 0 aliphatic rings. The van der Waals surface area contributed by atoms with Gasteiger partial charge in [-0.2, -0.15) is 0 Å². The fourth-order valence-corrected chi connectivity index (χ4v) is 1.33. The highest BCUT2D eigenvalue weighted by atomic mass is 16.7. The molecule has 0 unspecified atom stereocenters. The van der Waals surface area contributed by atoms with Crippen LogP contribution in [-0.2, 0) is 23.7 Å². The van der Waals surface area contributed by atoms with Gasteiger partial charge in [-0.1, -0.05) is 12.2 Å². The van der Waals surface area contributed by atoms with Gasteiger partial charge in [0.25, 0.3) is 0 Å². The van der Waals surface area contributed by atoms with Gasteiger partial charge in [0.2, 0.25) is 0 Å². The van der Waals surface area contributed by atoms with Crippen molar-refractivity contribution in [3.63, 3.8) is 0 Å². The second-order valence-corrected chi connectivity index (χ2v) is 3.73. The van der Waals surface area contributed by atoms with Gasteiger partial charge in [0.05, 0.1) is 13.2 Å². The summed E-state index contributed by atoms with van der Waals surface area (Å²) in [5.41, 5.74) is 0. The van der Waals surface area contributed by atoms with Crippen molar-refractivity contribution in [3.8, 4) is 0 Å². The van der Waals surface area contributed by atoms with Gasteiger partial charge in [0.1, 0.15) is 0 Å². The first-order chi connectivity index (χ1) is 9.28. The molecule has 0 saturated carbocycles. The molecule has 0 aromatic rings. The van der Waals surface area contributed by atoms with Crippen LogP contribution in [0.25, 0.3) is 0 Å². The number of ether oxygens (including phenoxy) is 5. The maximum Gasteiger partial charge on any atom is 0.176 e. The normalized spacial score (nSPS) is 12.5. The monoisotopic (exact) mass is 274 g/mol. The summed E-state index contributed by atoms with van der Waals surface area (Å²) in [6.07, 6.45) is 8.83. The quantitative estimate of drug-likeness (QED) is 0.310. The van der Waals surface area contributed by atoms with Crippen molar-refractivity contribution in [2.24, 2.45) is 0 Å². The minimum absolute atomic E-state index is 0.275. The smallest absolute Gasteiger partial charge is 0.176 e. The van der Waals surface area contributed by atoms with E-state index in [0.29, 0.717) is 13.2 Å². The lowest BCUT2D eigenvalue weighted by Gasteiger charge is -2.07. The molecule has 112 valence electrons. The van der Waals surface area contributed by atoms with Crippen LogP contribution in [0.5, 0.6) is 0 Å². The van der Waals surface area contributed by atoms with E-state index in [1.54, 1.807) is 28.4 Å². The van der Waals surface area contributed by atoms with Crippen LogP contribution in [0.3, 0.4) is 0 Å². The van der Waals surface area contributed by atoms with E-state index in [9.17, 15) is 0 Å². The molecule has 0 bridgehead atoms. The maximum absolute atomic E-state index is 5.47. The molecule has 0 saturated heterocycles. The van der Waals surface area contributed by atoms with E-state index in [4.69, 9.17) is 23.7 Å². The van der Waals surface area contributed by atoms with Gasteiger partial charge in [-0.15, -0.1) is 0 Å². The van der Waals surface area contributed by atoms with Gasteiger partial charge >= 0.3 is 0 Å². The fourth-order valence-electron chi connectivity index (χ4n) is 1.33. The molecule has 5 heteroatoms. The van der Waals surface area contributed by atoms with Gasteiger partial charge in [0, 0.05) is 28.4 Å². The van der Waals surface area contributed by atoms with E-state index in [-0.39, 0.29) is 12.6 Å². The molecule has 0 aromatic carbocycles. The topological polar surface area (TPSA) is 46.2 Å². The van der Waals surface area contributed by atoms with Crippen LogP contribution in [0.4, 0.5) is 0 Å². The van der Waals surface area contributed by atoms with Gasteiger partial charge in [0.15, 0.2) is 12.6 Å². The summed E-state index contributed by atoms with van der Waals surface area (Å²) < 4.78 is 25.5. The van der Waals surface area contributed by atoms with Crippen LogP contribution in [0, 0.1) is 0 Å². The van der Waals surface area contributed by atoms with Crippen LogP contribution in [0.15, 0.2) is 24.3 Å². The Kier molecular flexibility index (Phi) is 13.2. The van der Waals surface area contributed by atoms with Crippen LogP contribution in [-0.4, -0.2) is 54.2 Å². The summed E-state index contributed by atoms with van der Waals surface area (Å²) in [6.45, 7) is 1.37. The molecule has 0 atom stereocenters. The van der Waals surface area contributed by atoms with Crippen molar-refractivity contribution in [1.29, 1.82) is 0 Å². The first-order valence-electron chi connectivity index (χ1n) is 6.30. The zero-order valence-corrected chi connectivity index (χ0v) is 12.3. The Morgan fingerprint density at radius 3 is 1.37 bits per heavy atom. The Bertz CT molecular complexity index is 208. The van der Waals surface area contributed by atoms with Crippen molar-refractivity contribution in [1.82, 2.24) is 0 Å². The molecule has 5 nitrogen and oxygen atoms in total. The average molecular weight is 274 g/mol. The summed E-state index contributed by atoms with van der Waals surface area (Å²) in [4.78, 5) is 0. The molecule has 0 spiro atoms. The number of hydrogen-bond donors (Lipinski definition) is 0. The molecule has 0 rings (SSSR count). The molecule has 0 N–H and O–H groups in total. The summed E-state index contributed by atoms with van der Waals surface area (Å²) in [6, 6.07) is 0. The summed E-state index contributed by atoms with van der Waals surface area (Å²) in [7, 11) is 6.42. The average Bonchev–Trinajstić information content (AvgIpc) is 2.45. The van der Waals surface area contributed by atoms with E-state index in [1.165, 1.54) is 0 Å². The van der Waals surface area contributed by atoms with Crippen LogP contribution in [0.2, 0.25) is 0 Å². The van der Waals surface area contributed by atoms with E-state index in [2.05, 4.69) is 0 Å². The Morgan fingerprint density at radius 2 is 1.05 bits per heavy atom. The largest absolute Gasteiger partial charge is 0.381 e.